The lowest BCUT2D eigenvalue weighted by atomic mass is 9.97. The van der Waals surface area contributed by atoms with E-state index < -0.39 is 16.2 Å². The van der Waals surface area contributed by atoms with Crippen LogP contribution in [-0.4, -0.2) is 47.0 Å². The van der Waals surface area contributed by atoms with Crippen LogP contribution < -0.4 is 16.4 Å². The summed E-state index contributed by atoms with van der Waals surface area (Å²) in [5, 5.41) is 16.3. The van der Waals surface area contributed by atoms with Crippen molar-refractivity contribution in [2.45, 2.75) is 35.4 Å². The number of anilines is 1. The number of alkyl halides is 1. The average Bonchev–Trinajstić information content (AvgIpc) is 2.91. The molecule has 5 N–H and O–H groups in total. The minimum Gasteiger partial charge on any atom is -0.485 e. The molecule has 0 aromatic heterocycles. The van der Waals surface area contributed by atoms with Crippen molar-refractivity contribution in [3.8, 4) is 0 Å². The van der Waals surface area contributed by atoms with E-state index in [1.54, 1.807) is 0 Å². The lowest BCUT2D eigenvalue weighted by molar-refractivity contribution is -0.132. The van der Waals surface area contributed by atoms with Crippen LogP contribution in [0.1, 0.15) is 30.6 Å². The van der Waals surface area contributed by atoms with Gasteiger partial charge in [-0.15, -0.1) is 11.8 Å². The summed E-state index contributed by atoms with van der Waals surface area (Å²) in [7, 11) is 0. The molecule has 1 saturated heterocycles. The third-order valence-electron chi connectivity index (χ3n) is 4.83. The summed E-state index contributed by atoms with van der Waals surface area (Å²) >= 11 is 4.86. The molecule has 2 aliphatic rings. The number of primary amides is 1. The van der Waals surface area contributed by atoms with Gasteiger partial charge in [0, 0.05) is 11.7 Å². The highest BCUT2D eigenvalue weighted by atomic mass is 79.9. The summed E-state index contributed by atoms with van der Waals surface area (Å²) in [6.07, 6.45) is 2.13. The second kappa shape index (κ2) is 8.75. The predicted octanol–water partition coefficient (Wildman–Crippen LogP) is 2.59. The van der Waals surface area contributed by atoms with E-state index in [1.807, 2.05) is 25.1 Å². The molecule has 3 rings (SSSR count). The molecule has 28 heavy (non-hydrogen) atoms. The smallest absolute Gasteiger partial charge is 0.345 e. The molecular formula is C19H24BrN3O4S. The molecule has 2 aliphatic heterocycles. The fourth-order valence-corrected chi connectivity index (χ4v) is 5.81. The van der Waals surface area contributed by atoms with Crippen molar-refractivity contribution in [1.82, 2.24) is 5.32 Å². The van der Waals surface area contributed by atoms with Crippen LogP contribution in [0.25, 0.3) is 0 Å². The van der Waals surface area contributed by atoms with Crippen LogP contribution in [0.3, 0.4) is 0 Å². The van der Waals surface area contributed by atoms with E-state index in [0.29, 0.717) is 6.04 Å². The van der Waals surface area contributed by atoms with Gasteiger partial charge < -0.3 is 26.2 Å². The Morgan fingerprint density at radius 2 is 2.14 bits per heavy atom. The first kappa shape index (κ1) is 21.0. The molecule has 2 unspecified atom stereocenters. The molecule has 2 atom stereocenters. The number of piperidine rings is 1. The third-order valence-corrected chi connectivity index (χ3v) is 7.53. The number of nitrogens with one attached hydrogen (secondary N) is 2. The normalized spacial score (nSPS) is 25.6. The Hall–Kier alpha value is -1.71. The van der Waals surface area contributed by atoms with Gasteiger partial charge in [0.1, 0.15) is 10.7 Å². The Bertz CT molecular complexity index is 793. The summed E-state index contributed by atoms with van der Waals surface area (Å²) < 4.78 is 4.71. The van der Waals surface area contributed by atoms with Gasteiger partial charge >= 0.3 is 5.97 Å². The first-order chi connectivity index (χ1) is 13.3. The molecular weight excluding hydrogens is 446 g/mol. The van der Waals surface area contributed by atoms with Gasteiger partial charge in [0.2, 0.25) is 0 Å². The Kier molecular flexibility index (Phi) is 6.57. The summed E-state index contributed by atoms with van der Waals surface area (Å²) in [6.45, 7) is 3.49. The molecule has 1 aromatic rings. The van der Waals surface area contributed by atoms with Gasteiger partial charge in [0.15, 0.2) is 6.61 Å². The van der Waals surface area contributed by atoms with E-state index in [-0.39, 0.29) is 22.5 Å². The van der Waals surface area contributed by atoms with Crippen LogP contribution in [0.5, 0.6) is 0 Å². The number of hydrogen-bond acceptors (Lipinski definition) is 6. The second-order valence-corrected chi connectivity index (χ2v) is 9.85. The quantitative estimate of drug-likeness (QED) is 0.453. The number of carbonyl (C=O) groups excluding carboxylic acids is 1. The lowest BCUT2D eigenvalue weighted by Crippen LogP contribution is -2.35. The first-order valence-electron chi connectivity index (χ1n) is 9.11. The second-order valence-electron chi connectivity index (χ2n) is 7.09. The van der Waals surface area contributed by atoms with Crippen LogP contribution >= 0.6 is 27.7 Å². The van der Waals surface area contributed by atoms with E-state index in [0.717, 1.165) is 37.2 Å². The highest BCUT2D eigenvalue weighted by Gasteiger charge is 2.49. The maximum absolute atomic E-state index is 11.7. The van der Waals surface area contributed by atoms with E-state index in [1.165, 1.54) is 11.8 Å². The predicted molar refractivity (Wildman–Crippen MR) is 113 cm³/mol. The molecule has 1 fully saturated rings. The maximum atomic E-state index is 11.7. The number of allylic oxidation sites excluding steroid dienone is 1. The van der Waals surface area contributed by atoms with E-state index in [4.69, 9.17) is 10.5 Å². The molecule has 1 amide bonds. The molecule has 9 heteroatoms. The van der Waals surface area contributed by atoms with Gasteiger partial charge in [-0.3, -0.25) is 4.79 Å². The zero-order valence-corrected chi connectivity index (χ0v) is 17.9. The SMILES string of the molecule is CC1(Br)C(OCC(N)=O)=C(C(=O)O)SC1c1cccc(NC2CCNCC2)c1. The number of nitrogens with two attached hydrogens (primary N) is 1. The largest absolute Gasteiger partial charge is 0.485 e. The molecule has 0 aliphatic carbocycles. The standard InChI is InChI=1S/C19H24BrN3O4S/c1-19(20)16(27-10-14(21)24)15(18(25)26)28-17(19)11-3-2-4-13(9-11)23-12-5-7-22-8-6-12/h2-4,9,12,17,22-23H,5-8,10H2,1H3,(H2,21,24)(H,25,26). The minimum absolute atomic E-state index is 0.0855. The Balaban J connectivity index is 1.82. The van der Waals surface area contributed by atoms with E-state index in [9.17, 15) is 14.7 Å². The van der Waals surface area contributed by atoms with E-state index in [2.05, 4.69) is 32.6 Å². The molecule has 0 radical (unpaired) electrons. The van der Waals surface area contributed by atoms with Gasteiger partial charge in [-0.25, -0.2) is 4.79 Å². The van der Waals surface area contributed by atoms with Gasteiger partial charge in [0.25, 0.3) is 5.91 Å². The number of halogens is 1. The van der Waals surface area contributed by atoms with Crippen molar-refractivity contribution in [3.05, 3.63) is 40.5 Å². The summed E-state index contributed by atoms with van der Waals surface area (Å²) in [4.78, 5) is 22.9. The van der Waals surface area contributed by atoms with Crippen molar-refractivity contribution >= 4 is 45.3 Å². The fraction of sp³-hybridized carbons (Fsp3) is 0.474. The topological polar surface area (TPSA) is 114 Å². The average molecular weight is 470 g/mol. The first-order valence-corrected chi connectivity index (χ1v) is 10.8. The Morgan fingerprint density at radius 3 is 2.79 bits per heavy atom. The number of carboxylic acids is 1. The van der Waals surface area contributed by atoms with Gasteiger partial charge in [0.05, 0.1) is 9.57 Å². The highest BCUT2D eigenvalue weighted by molar-refractivity contribution is 9.10. The van der Waals surface area contributed by atoms with Crippen LogP contribution in [0.2, 0.25) is 0 Å². The van der Waals surface area contributed by atoms with E-state index >= 15 is 0 Å². The number of thioether (sulfide) groups is 1. The van der Waals surface area contributed by atoms with Crippen molar-refractivity contribution in [1.29, 1.82) is 0 Å². The molecule has 0 spiro atoms. The van der Waals surface area contributed by atoms with Gasteiger partial charge in [-0.05, 0) is 50.6 Å². The number of ether oxygens (including phenoxy) is 1. The summed E-state index contributed by atoms with van der Waals surface area (Å²) in [6, 6.07) is 8.43. The number of carbonyl (C=O) groups is 2. The molecule has 152 valence electrons. The number of carboxylic acid groups (broad SMARTS) is 1. The van der Waals surface area contributed by atoms with Crippen molar-refractivity contribution < 1.29 is 19.4 Å². The number of rotatable bonds is 7. The van der Waals surface area contributed by atoms with Gasteiger partial charge in [-0.2, -0.15) is 0 Å². The zero-order valence-electron chi connectivity index (χ0n) is 15.5. The minimum atomic E-state index is -1.08. The number of benzene rings is 1. The Labute approximate surface area is 176 Å². The van der Waals surface area contributed by atoms with Crippen LogP contribution in [0, 0.1) is 0 Å². The fourth-order valence-electron chi connectivity index (χ4n) is 3.50. The lowest BCUT2D eigenvalue weighted by Gasteiger charge is -2.28. The third kappa shape index (κ3) is 4.64. The van der Waals surface area contributed by atoms with Crippen LogP contribution in [-0.2, 0) is 14.3 Å². The van der Waals surface area contributed by atoms with Crippen molar-refractivity contribution in [3.63, 3.8) is 0 Å². The van der Waals surface area contributed by atoms with Gasteiger partial charge in [-0.1, -0.05) is 28.1 Å². The monoisotopic (exact) mass is 469 g/mol. The maximum Gasteiger partial charge on any atom is 0.345 e. The summed E-state index contributed by atoms with van der Waals surface area (Å²) in [5.74, 6) is -1.51. The summed E-state index contributed by atoms with van der Waals surface area (Å²) in [5.41, 5.74) is 7.15. The molecule has 0 saturated carbocycles. The van der Waals surface area contributed by atoms with Crippen molar-refractivity contribution in [2.24, 2.45) is 5.73 Å². The molecule has 0 bridgehead atoms. The zero-order chi connectivity index (χ0) is 20.3. The molecule has 2 heterocycles. The van der Waals surface area contributed by atoms with Crippen LogP contribution in [0.15, 0.2) is 34.9 Å². The number of amides is 1. The number of aliphatic carboxylic acids is 1. The molecule has 7 nitrogen and oxygen atoms in total. The van der Waals surface area contributed by atoms with Crippen molar-refractivity contribution in [2.75, 3.05) is 25.0 Å². The highest BCUT2D eigenvalue weighted by Crippen LogP contribution is 2.58. The van der Waals surface area contributed by atoms with Crippen LogP contribution in [0.4, 0.5) is 5.69 Å². The number of hydrogen-bond donors (Lipinski definition) is 4. The molecule has 1 aromatic carbocycles. The Morgan fingerprint density at radius 1 is 1.43 bits per heavy atom.